The van der Waals surface area contributed by atoms with Crippen molar-refractivity contribution in [1.29, 1.82) is 0 Å². The van der Waals surface area contributed by atoms with E-state index in [4.69, 9.17) is 4.74 Å². The minimum absolute atomic E-state index is 0.0245. The van der Waals surface area contributed by atoms with Crippen LogP contribution in [0.4, 0.5) is 0 Å². The van der Waals surface area contributed by atoms with Crippen LogP contribution in [0.25, 0.3) is 6.08 Å². The van der Waals surface area contributed by atoms with Crippen LogP contribution in [0.5, 0.6) is 0 Å². The molecule has 0 N–H and O–H groups in total. The van der Waals surface area contributed by atoms with Crippen molar-refractivity contribution in [3.63, 3.8) is 0 Å². The standard InChI is InChI=1S/C17H18O/c1-2-18-17(16-11-7-4-8-12-16)14-13-15-9-5-3-6-10-15/h3-14,17H,2H2,1H3. The van der Waals surface area contributed by atoms with Gasteiger partial charge in [-0.2, -0.15) is 0 Å². The van der Waals surface area contributed by atoms with Crippen molar-refractivity contribution < 1.29 is 4.74 Å². The molecule has 0 aliphatic rings. The Morgan fingerprint density at radius 1 is 0.944 bits per heavy atom. The van der Waals surface area contributed by atoms with Crippen LogP contribution >= 0.6 is 0 Å². The van der Waals surface area contributed by atoms with Gasteiger partial charge >= 0.3 is 0 Å². The first-order chi connectivity index (χ1) is 8.90. The van der Waals surface area contributed by atoms with E-state index in [2.05, 4.69) is 36.4 Å². The zero-order valence-electron chi connectivity index (χ0n) is 10.6. The molecule has 0 saturated heterocycles. The molecule has 0 aromatic heterocycles. The lowest BCUT2D eigenvalue weighted by Crippen LogP contribution is -2.00. The highest BCUT2D eigenvalue weighted by atomic mass is 16.5. The molecule has 2 aromatic rings. The predicted octanol–water partition coefficient (Wildman–Crippen LogP) is 4.48. The maximum atomic E-state index is 5.76. The summed E-state index contributed by atoms with van der Waals surface area (Å²) in [6.07, 6.45) is 4.23. The Morgan fingerprint density at radius 3 is 2.17 bits per heavy atom. The van der Waals surface area contributed by atoms with E-state index in [1.165, 1.54) is 11.1 Å². The quantitative estimate of drug-likeness (QED) is 0.746. The number of benzene rings is 2. The van der Waals surface area contributed by atoms with Gasteiger partial charge in [-0.05, 0) is 18.1 Å². The van der Waals surface area contributed by atoms with Crippen molar-refractivity contribution in [3.8, 4) is 0 Å². The first kappa shape index (κ1) is 12.6. The van der Waals surface area contributed by atoms with E-state index in [1.807, 2.05) is 43.3 Å². The molecule has 2 rings (SSSR count). The molecular formula is C17H18O. The van der Waals surface area contributed by atoms with E-state index >= 15 is 0 Å². The lowest BCUT2D eigenvalue weighted by molar-refractivity contribution is 0.0973. The average molecular weight is 238 g/mol. The van der Waals surface area contributed by atoms with Gasteiger partial charge in [0.05, 0.1) is 0 Å². The summed E-state index contributed by atoms with van der Waals surface area (Å²) in [6.45, 7) is 2.73. The zero-order chi connectivity index (χ0) is 12.6. The molecule has 0 bridgehead atoms. The van der Waals surface area contributed by atoms with Crippen LogP contribution in [0, 0.1) is 0 Å². The average Bonchev–Trinajstić information content (AvgIpc) is 2.45. The minimum Gasteiger partial charge on any atom is -0.370 e. The molecule has 0 fully saturated rings. The number of hydrogen-bond acceptors (Lipinski definition) is 1. The third-order valence-electron chi connectivity index (χ3n) is 2.74. The zero-order valence-corrected chi connectivity index (χ0v) is 10.6. The van der Waals surface area contributed by atoms with Gasteiger partial charge in [-0.15, -0.1) is 0 Å². The van der Waals surface area contributed by atoms with Crippen LogP contribution in [0.2, 0.25) is 0 Å². The van der Waals surface area contributed by atoms with Crippen molar-refractivity contribution >= 4 is 6.08 Å². The molecule has 0 spiro atoms. The molecule has 0 radical (unpaired) electrons. The van der Waals surface area contributed by atoms with E-state index in [0.717, 1.165) is 0 Å². The second kappa shape index (κ2) is 6.77. The van der Waals surface area contributed by atoms with Gasteiger partial charge in [-0.25, -0.2) is 0 Å². The third kappa shape index (κ3) is 3.57. The van der Waals surface area contributed by atoms with E-state index in [9.17, 15) is 0 Å². The molecule has 0 aliphatic carbocycles. The first-order valence-electron chi connectivity index (χ1n) is 6.30. The Labute approximate surface area is 109 Å². The molecule has 0 heterocycles. The highest BCUT2D eigenvalue weighted by Gasteiger charge is 2.06. The fraction of sp³-hybridized carbons (Fsp3) is 0.176. The lowest BCUT2D eigenvalue weighted by atomic mass is 10.1. The van der Waals surface area contributed by atoms with Gasteiger partial charge in [-0.1, -0.05) is 72.8 Å². The van der Waals surface area contributed by atoms with Gasteiger partial charge in [0.25, 0.3) is 0 Å². The summed E-state index contributed by atoms with van der Waals surface area (Å²) < 4.78 is 5.76. The van der Waals surface area contributed by atoms with Crippen LogP contribution < -0.4 is 0 Å². The summed E-state index contributed by atoms with van der Waals surface area (Å²) in [4.78, 5) is 0. The molecule has 92 valence electrons. The molecular weight excluding hydrogens is 220 g/mol. The molecule has 0 saturated carbocycles. The SMILES string of the molecule is CCOC(C=Cc1ccccc1)c1ccccc1. The summed E-state index contributed by atoms with van der Waals surface area (Å²) >= 11 is 0. The van der Waals surface area contributed by atoms with Crippen molar-refractivity contribution in [2.45, 2.75) is 13.0 Å². The topological polar surface area (TPSA) is 9.23 Å². The van der Waals surface area contributed by atoms with E-state index in [0.29, 0.717) is 6.61 Å². The summed E-state index contributed by atoms with van der Waals surface area (Å²) in [6, 6.07) is 20.6. The fourth-order valence-electron chi connectivity index (χ4n) is 1.85. The van der Waals surface area contributed by atoms with Gasteiger partial charge in [0, 0.05) is 6.61 Å². The Balaban J connectivity index is 2.14. The van der Waals surface area contributed by atoms with Crippen LogP contribution in [-0.2, 0) is 4.74 Å². The van der Waals surface area contributed by atoms with Crippen LogP contribution in [0.1, 0.15) is 24.2 Å². The monoisotopic (exact) mass is 238 g/mol. The number of ether oxygens (including phenoxy) is 1. The van der Waals surface area contributed by atoms with Gasteiger partial charge in [0.15, 0.2) is 0 Å². The molecule has 1 heteroatoms. The van der Waals surface area contributed by atoms with Crippen molar-refractivity contribution in [2.75, 3.05) is 6.61 Å². The van der Waals surface area contributed by atoms with Crippen molar-refractivity contribution in [3.05, 3.63) is 77.9 Å². The highest BCUT2D eigenvalue weighted by molar-refractivity contribution is 5.50. The summed E-state index contributed by atoms with van der Waals surface area (Å²) in [7, 11) is 0. The first-order valence-corrected chi connectivity index (χ1v) is 6.30. The van der Waals surface area contributed by atoms with Gasteiger partial charge in [0.2, 0.25) is 0 Å². The molecule has 1 unspecified atom stereocenters. The minimum atomic E-state index is 0.0245. The Morgan fingerprint density at radius 2 is 1.56 bits per heavy atom. The normalized spacial score (nSPS) is 12.7. The third-order valence-corrected chi connectivity index (χ3v) is 2.74. The Kier molecular flexibility index (Phi) is 4.74. The summed E-state index contributed by atoms with van der Waals surface area (Å²) in [5, 5.41) is 0. The smallest absolute Gasteiger partial charge is 0.101 e. The fourth-order valence-corrected chi connectivity index (χ4v) is 1.85. The number of rotatable bonds is 5. The second-order valence-electron chi connectivity index (χ2n) is 4.06. The van der Waals surface area contributed by atoms with Crippen molar-refractivity contribution in [1.82, 2.24) is 0 Å². The predicted molar refractivity (Wildman–Crippen MR) is 76.3 cm³/mol. The molecule has 0 aliphatic heterocycles. The maximum absolute atomic E-state index is 5.76. The molecule has 18 heavy (non-hydrogen) atoms. The summed E-state index contributed by atoms with van der Waals surface area (Å²) in [5.74, 6) is 0. The number of hydrogen-bond donors (Lipinski definition) is 0. The molecule has 0 amide bonds. The highest BCUT2D eigenvalue weighted by Crippen LogP contribution is 2.19. The van der Waals surface area contributed by atoms with Gasteiger partial charge in [-0.3, -0.25) is 0 Å². The van der Waals surface area contributed by atoms with Crippen molar-refractivity contribution in [2.24, 2.45) is 0 Å². The van der Waals surface area contributed by atoms with Gasteiger partial charge in [0.1, 0.15) is 6.10 Å². The largest absolute Gasteiger partial charge is 0.370 e. The maximum Gasteiger partial charge on any atom is 0.101 e. The van der Waals surface area contributed by atoms with E-state index in [-0.39, 0.29) is 6.10 Å². The second-order valence-corrected chi connectivity index (χ2v) is 4.06. The molecule has 1 nitrogen and oxygen atoms in total. The van der Waals surface area contributed by atoms with E-state index < -0.39 is 0 Å². The van der Waals surface area contributed by atoms with Crippen LogP contribution in [0.3, 0.4) is 0 Å². The molecule has 1 atom stereocenters. The van der Waals surface area contributed by atoms with Crippen LogP contribution in [-0.4, -0.2) is 6.61 Å². The summed E-state index contributed by atoms with van der Waals surface area (Å²) in [5.41, 5.74) is 2.38. The van der Waals surface area contributed by atoms with Gasteiger partial charge < -0.3 is 4.74 Å². The Hall–Kier alpha value is -1.86. The van der Waals surface area contributed by atoms with E-state index in [1.54, 1.807) is 0 Å². The molecule has 2 aromatic carbocycles. The lowest BCUT2D eigenvalue weighted by Gasteiger charge is -2.13. The Bertz CT molecular complexity index is 473. The van der Waals surface area contributed by atoms with Crippen LogP contribution in [0.15, 0.2) is 66.7 Å².